The van der Waals surface area contributed by atoms with Crippen LogP contribution in [0.2, 0.25) is 0 Å². The molecule has 1 N–H and O–H groups in total. The first kappa shape index (κ1) is 14.5. The van der Waals surface area contributed by atoms with E-state index in [1.807, 2.05) is 11.3 Å². The Balaban J connectivity index is 1.95. The van der Waals surface area contributed by atoms with Crippen molar-refractivity contribution in [2.45, 2.75) is 84.2 Å². The second kappa shape index (κ2) is 5.10. The summed E-state index contributed by atoms with van der Waals surface area (Å²) >= 11 is 2.00. The van der Waals surface area contributed by atoms with E-state index in [1.54, 1.807) is 4.88 Å². The molecule has 112 valence electrons. The van der Waals surface area contributed by atoms with E-state index in [2.05, 4.69) is 33.0 Å². The van der Waals surface area contributed by atoms with Gasteiger partial charge in [-0.05, 0) is 64.2 Å². The van der Waals surface area contributed by atoms with Gasteiger partial charge in [-0.25, -0.2) is 4.98 Å². The summed E-state index contributed by atoms with van der Waals surface area (Å²) in [5.74, 6) is 0. The summed E-state index contributed by atoms with van der Waals surface area (Å²) in [6.07, 6.45) is 8.91. The molecule has 0 radical (unpaired) electrons. The van der Waals surface area contributed by atoms with Gasteiger partial charge in [0.2, 0.25) is 0 Å². The third-order valence-electron chi connectivity index (χ3n) is 4.83. The average Bonchev–Trinajstić information content (AvgIpc) is 2.90. The fraction of sp³-hybridized carbons (Fsp3) is 0.824. The van der Waals surface area contributed by atoms with Gasteiger partial charge in [-0.15, -0.1) is 11.3 Å². The van der Waals surface area contributed by atoms with E-state index in [-0.39, 0.29) is 5.54 Å². The van der Waals surface area contributed by atoms with E-state index >= 15 is 0 Å². The first-order valence-corrected chi connectivity index (χ1v) is 8.99. The molecular formula is C17H28N2S. The van der Waals surface area contributed by atoms with Gasteiger partial charge < -0.3 is 5.32 Å². The Kier molecular flexibility index (Phi) is 3.70. The molecule has 2 nitrogen and oxygen atoms in total. The van der Waals surface area contributed by atoms with Crippen LogP contribution in [0.5, 0.6) is 0 Å². The Morgan fingerprint density at radius 1 is 1.15 bits per heavy atom. The summed E-state index contributed by atoms with van der Waals surface area (Å²) in [4.78, 5) is 6.65. The highest BCUT2D eigenvalue weighted by Crippen LogP contribution is 2.50. The van der Waals surface area contributed by atoms with E-state index in [1.165, 1.54) is 55.6 Å². The van der Waals surface area contributed by atoms with E-state index in [9.17, 15) is 0 Å². The van der Waals surface area contributed by atoms with E-state index in [0.717, 1.165) is 0 Å². The second-order valence-corrected chi connectivity index (χ2v) is 8.90. The van der Waals surface area contributed by atoms with Gasteiger partial charge in [0.05, 0.1) is 11.2 Å². The van der Waals surface area contributed by atoms with Crippen molar-refractivity contribution in [1.82, 2.24) is 10.3 Å². The molecule has 1 atom stereocenters. The van der Waals surface area contributed by atoms with Gasteiger partial charge in [-0.2, -0.15) is 0 Å². The lowest BCUT2D eigenvalue weighted by Gasteiger charge is -2.32. The fourth-order valence-electron chi connectivity index (χ4n) is 4.02. The van der Waals surface area contributed by atoms with Crippen molar-refractivity contribution in [3.63, 3.8) is 0 Å². The number of rotatable bonds is 3. The molecule has 2 aliphatic rings. The summed E-state index contributed by atoms with van der Waals surface area (Å²) in [5.41, 5.74) is 1.99. The lowest BCUT2D eigenvalue weighted by molar-refractivity contribution is 0.269. The molecule has 1 unspecified atom stereocenters. The van der Waals surface area contributed by atoms with Crippen LogP contribution < -0.4 is 5.32 Å². The molecule has 0 aliphatic heterocycles. The molecule has 0 saturated heterocycles. The first-order valence-electron chi connectivity index (χ1n) is 8.17. The predicted molar refractivity (Wildman–Crippen MR) is 86.3 cm³/mol. The summed E-state index contributed by atoms with van der Waals surface area (Å²) in [6, 6.07) is 0.518. The monoisotopic (exact) mass is 292 g/mol. The third kappa shape index (κ3) is 2.67. The summed E-state index contributed by atoms with van der Waals surface area (Å²) in [7, 11) is 0. The van der Waals surface area contributed by atoms with Crippen LogP contribution in [0, 0.1) is 5.41 Å². The predicted octanol–water partition coefficient (Wildman–Crippen LogP) is 4.43. The van der Waals surface area contributed by atoms with Crippen LogP contribution in [0.4, 0.5) is 0 Å². The minimum absolute atomic E-state index is 0.139. The van der Waals surface area contributed by atoms with Crippen LogP contribution >= 0.6 is 11.3 Å². The van der Waals surface area contributed by atoms with Crippen molar-refractivity contribution in [3.8, 4) is 0 Å². The van der Waals surface area contributed by atoms with Gasteiger partial charge in [0, 0.05) is 10.9 Å². The molecule has 1 aromatic rings. The Labute approximate surface area is 127 Å². The molecule has 20 heavy (non-hydrogen) atoms. The number of nitrogens with zero attached hydrogens (tertiary/aromatic N) is 1. The molecule has 3 heteroatoms. The average molecular weight is 292 g/mol. The standard InChI is InChI=1S/C17H28N2S/c1-12(2)19-17(10-9-16(3,4)11-17)15-18-13-7-5-6-8-14(13)20-15/h12,19H,5-11H2,1-4H3. The van der Waals surface area contributed by atoms with Crippen molar-refractivity contribution >= 4 is 11.3 Å². The van der Waals surface area contributed by atoms with Crippen LogP contribution in [-0.2, 0) is 18.4 Å². The Bertz CT molecular complexity index is 466. The molecule has 3 rings (SSSR count). The molecular weight excluding hydrogens is 264 g/mol. The van der Waals surface area contributed by atoms with Gasteiger partial charge >= 0.3 is 0 Å². The smallest absolute Gasteiger partial charge is 0.113 e. The molecule has 0 spiro atoms. The lowest BCUT2D eigenvalue weighted by atomic mass is 9.87. The quantitative estimate of drug-likeness (QED) is 0.891. The van der Waals surface area contributed by atoms with Crippen LogP contribution in [0.3, 0.4) is 0 Å². The normalized spacial score (nSPS) is 28.9. The number of hydrogen-bond donors (Lipinski definition) is 1. The third-order valence-corrected chi connectivity index (χ3v) is 6.19. The largest absolute Gasteiger partial charge is 0.303 e. The molecule has 0 aromatic carbocycles. The number of aromatic nitrogens is 1. The fourth-order valence-corrected chi connectivity index (χ4v) is 5.35. The van der Waals surface area contributed by atoms with E-state index in [0.29, 0.717) is 11.5 Å². The van der Waals surface area contributed by atoms with Crippen LogP contribution in [-0.4, -0.2) is 11.0 Å². The minimum atomic E-state index is 0.139. The van der Waals surface area contributed by atoms with Gasteiger partial charge in [0.25, 0.3) is 0 Å². The molecule has 1 fully saturated rings. The summed E-state index contributed by atoms with van der Waals surface area (Å²) < 4.78 is 0. The zero-order chi connectivity index (χ0) is 14.4. The molecule has 1 saturated carbocycles. The zero-order valence-electron chi connectivity index (χ0n) is 13.4. The number of fused-ring (bicyclic) bond motifs is 1. The highest BCUT2D eigenvalue weighted by atomic mass is 32.1. The van der Waals surface area contributed by atoms with Gasteiger partial charge in [0.15, 0.2) is 0 Å². The Morgan fingerprint density at radius 3 is 2.50 bits per heavy atom. The van der Waals surface area contributed by atoms with Crippen molar-refractivity contribution in [1.29, 1.82) is 0 Å². The van der Waals surface area contributed by atoms with E-state index < -0.39 is 0 Å². The van der Waals surface area contributed by atoms with E-state index in [4.69, 9.17) is 4.98 Å². The summed E-state index contributed by atoms with van der Waals surface area (Å²) in [5, 5.41) is 5.26. The molecule has 1 heterocycles. The Morgan fingerprint density at radius 2 is 1.90 bits per heavy atom. The number of nitrogens with one attached hydrogen (secondary N) is 1. The van der Waals surface area contributed by atoms with Crippen molar-refractivity contribution in [2.24, 2.45) is 5.41 Å². The molecule has 2 aliphatic carbocycles. The maximum atomic E-state index is 5.08. The lowest BCUT2D eigenvalue weighted by Crippen LogP contribution is -2.44. The van der Waals surface area contributed by atoms with Crippen LogP contribution in [0.25, 0.3) is 0 Å². The number of hydrogen-bond acceptors (Lipinski definition) is 3. The van der Waals surface area contributed by atoms with Crippen molar-refractivity contribution < 1.29 is 0 Å². The van der Waals surface area contributed by atoms with Crippen molar-refractivity contribution in [2.75, 3.05) is 0 Å². The highest BCUT2D eigenvalue weighted by Gasteiger charge is 2.46. The Hall–Kier alpha value is -0.410. The topological polar surface area (TPSA) is 24.9 Å². The molecule has 1 aromatic heterocycles. The minimum Gasteiger partial charge on any atom is -0.303 e. The first-order chi connectivity index (χ1) is 9.40. The van der Waals surface area contributed by atoms with Gasteiger partial charge in [-0.1, -0.05) is 13.8 Å². The number of aryl methyl sites for hydroxylation is 2. The summed E-state index contributed by atoms with van der Waals surface area (Å²) in [6.45, 7) is 9.34. The molecule has 0 bridgehead atoms. The highest BCUT2D eigenvalue weighted by molar-refractivity contribution is 7.11. The van der Waals surface area contributed by atoms with Gasteiger partial charge in [0.1, 0.15) is 5.01 Å². The SMILES string of the molecule is CC(C)NC1(c2nc3c(s2)CCCC3)CCC(C)(C)C1. The second-order valence-electron chi connectivity index (χ2n) is 7.82. The molecule has 0 amide bonds. The zero-order valence-corrected chi connectivity index (χ0v) is 14.2. The van der Waals surface area contributed by atoms with Crippen LogP contribution in [0.15, 0.2) is 0 Å². The maximum Gasteiger partial charge on any atom is 0.113 e. The van der Waals surface area contributed by atoms with Gasteiger partial charge in [-0.3, -0.25) is 0 Å². The van der Waals surface area contributed by atoms with Crippen LogP contribution in [0.1, 0.15) is 75.4 Å². The van der Waals surface area contributed by atoms with Crippen molar-refractivity contribution in [3.05, 3.63) is 15.6 Å². The number of thiazole rings is 1. The maximum absolute atomic E-state index is 5.08.